The van der Waals surface area contributed by atoms with E-state index >= 15 is 0 Å². The maximum absolute atomic E-state index is 11.7. The van der Waals surface area contributed by atoms with Gasteiger partial charge in [-0.3, -0.25) is 19.7 Å². The average Bonchev–Trinajstić information content (AvgIpc) is 3.24. The van der Waals surface area contributed by atoms with Crippen molar-refractivity contribution >= 4 is 5.91 Å². The Labute approximate surface area is 147 Å². The molecular weight excluding hydrogens is 318 g/mol. The van der Waals surface area contributed by atoms with Crippen LogP contribution in [0.3, 0.4) is 0 Å². The number of carbonyl (C=O) groups excluding carboxylic acids is 1. The number of hydrogen-bond donors (Lipinski definition) is 2. The number of aromatic nitrogens is 2. The molecule has 1 amide bonds. The van der Waals surface area contributed by atoms with E-state index in [1.165, 1.54) is 0 Å². The Kier molecular flexibility index (Phi) is 4.35. The zero-order valence-corrected chi connectivity index (χ0v) is 14.6. The molecule has 2 aromatic heterocycles. The van der Waals surface area contributed by atoms with Crippen molar-refractivity contribution in [1.82, 2.24) is 25.3 Å². The van der Waals surface area contributed by atoms with E-state index in [9.17, 15) is 4.79 Å². The summed E-state index contributed by atoms with van der Waals surface area (Å²) in [6, 6.07) is 5.94. The molecule has 4 rings (SSSR count). The summed E-state index contributed by atoms with van der Waals surface area (Å²) in [5.41, 5.74) is 0.977. The van der Waals surface area contributed by atoms with Crippen LogP contribution in [0, 0.1) is 0 Å². The highest BCUT2D eigenvalue weighted by atomic mass is 16.3. The lowest BCUT2D eigenvalue weighted by molar-refractivity contribution is -0.121. The molecule has 1 spiro atoms. The molecule has 4 heterocycles. The van der Waals surface area contributed by atoms with Gasteiger partial charge < -0.3 is 9.73 Å². The Morgan fingerprint density at radius 3 is 3.04 bits per heavy atom. The number of carbonyl (C=O) groups is 1. The third-order valence-electron chi connectivity index (χ3n) is 5.62. The molecule has 2 fully saturated rings. The van der Waals surface area contributed by atoms with Crippen molar-refractivity contribution < 1.29 is 9.21 Å². The summed E-state index contributed by atoms with van der Waals surface area (Å²) in [7, 11) is 2.19. The number of nitrogens with zero attached hydrogens (tertiary/aromatic N) is 3. The average molecular weight is 343 g/mol. The Morgan fingerprint density at radius 1 is 1.28 bits per heavy atom. The highest BCUT2D eigenvalue weighted by molar-refractivity contribution is 5.76. The molecule has 25 heavy (non-hydrogen) atoms. The van der Waals surface area contributed by atoms with Gasteiger partial charge in [0.05, 0.1) is 6.54 Å². The van der Waals surface area contributed by atoms with Crippen LogP contribution in [-0.2, 0) is 11.3 Å². The molecule has 2 N–H and O–H groups in total. The van der Waals surface area contributed by atoms with E-state index in [0.717, 1.165) is 62.8 Å². The van der Waals surface area contributed by atoms with Gasteiger partial charge in [0.25, 0.3) is 0 Å². The highest BCUT2D eigenvalue weighted by Crippen LogP contribution is 2.31. The molecule has 2 aliphatic heterocycles. The lowest BCUT2D eigenvalue weighted by Gasteiger charge is -2.49. The van der Waals surface area contributed by atoms with Gasteiger partial charge in [0.2, 0.25) is 5.91 Å². The first-order valence-corrected chi connectivity index (χ1v) is 8.93. The third-order valence-corrected chi connectivity index (χ3v) is 5.62. The molecule has 1 atom stereocenters. The number of likely N-dealkylation sites (N-methyl/N-ethyl adjacent to an activating group) is 1. The van der Waals surface area contributed by atoms with Gasteiger partial charge in [-0.25, -0.2) is 0 Å². The quantitative estimate of drug-likeness (QED) is 0.882. The lowest BCUT2D eigenvalue weighted by Crippen LogP contribution is -2.60. The van der Waals surface area contributed by atoms with Gasteiger partial charge in [0.15, 0.2) is 5.76 Å². The minimum atomic E-state index is 0.0796. The van der Waals surface area contributed by atoms with Crippen LogP contribution in [0.25, 0.3) is 11.5 Å². The van der Waals surface area contributed by atoms with Crippen molar-refractivity contribution in [2.24, 2.45) is 0 Å². The van der Waals surface area contributed by atoms with Crippen LogP contribution >= 0.6 is 0 Å². The number of aromatic amines is 1. The monoisotopic (exact) mass is 343 g/mol. The molecule has 0 bridgehead atoms. The Morgan fingerprint density at radius 2 is 2.20 bits per heavy atom. The van der Waals surface area contributed by atoms with E-state index in [0.29, 0.717) is 6.42 Å². The SMILES string of the molecule is CN1CCN(Cc2ccc(-c3ccn[nH]3)o2)C[C@@]12CCNC(=O)CC2. The normalized spacial score (nSPS) is 25.9. The lowest BCUT2D eigenvalue weighted by atomic mass is 9.86. The first kappa shape index (κ1) is 16.4. The largest absolute Gasteiger partial charge is 0.458 e. The number of rotatable bonds is 3. The van der Waals surface area contributed by atoms with Gasteiger partial charge in [-0.2, -0.15) is 5.10 Å². The number of H-pyrrole nitrogens is 1. The van der Waals surface area contributed by atoms with Crippen molar-refractivity contribution in [3.05, 3.63) is 30.2 Å². The molecule has 0 aromatic carbocycles. The summed E-state index contributed by atoms with van der Waals surface area (Å²) in [4.78, 5) is 16.6. The summed E-state index contributed by atoms with van der Waals surface area (Å²) in [5, 5.41) is 9.91. The van der Waals surface area contributed by atoms with Gasteiger partial charge in [0.1, 0.15) is 11.5 Å². The fourth-order valence-electron chi connectivity index (χ4n) is 4.03. The smallest absolute Gasteiger partial charge is 0.220 e. The maximum atomic E-state index is 11.7. The molecule has 0 aliphatic carbocycles. The number of nitrogens with one attached hydrogen (secondary N) is 2. The minimum absolute atomic E-state index is 0.0796. The predicted octanol–water partition coefficient (Wildman–Crippen LogP) is 1.46. The summed E-state index contributed by atoms with van der Waals surface area (Å²) >= 11 is 0. The second-order valence-electron chi connectivity index (χ2n) is 7.19. The Hall–Kier alpha value is -2.12. The van der Waals surface area contributed by atoms with Crippen molar-refractivity contribution in [2.75, 3.05) is 33.2 Å². The highest BCUT2D eigenvalue weighted by Gasteiger charge is 2.40. The molecule has 134 valence electrons. The van der Waals surface area contributed by atoms with Crippen LogP contribution in [-0.4, -0.2) is 64.7 Å². The molecule has 0 radical (unpaired) electrons. The zero-order valence-electron chi connectivity index (χ0n) is 14.6. The molecule has 0 unspecified atom stereocenters. The molecule has 7 heteroatoms. The van der Waals surface area contributed by atoms with E-state index in [2.05, 4.69) is 32.4 Å². The van der Waals surface area contributed by atoms with Crippen molar-refractivity contribution in [3.8, 4) is 11.5 Å². The Bertz CT molecular complexity index is 726. The van der Waals surface area contributed by atoms with Gasteiger partial charge in [-0.05, 0) is 38.1 Å². The van der Waals surface area contributed by atoms with Gasteiger partial charge in [-0.15, -0.1) is 0 Å². The van der Waals surface area contributed by atoms with Gasteiger partial charge in [0, 0.05) is 44.3 Å². The molecule has 2 aromatic rings. The van der Waals surface area contributed by atoms with E-state index in [4.69, 9.17) is 4.42 Å². The fourth-order valence-corrected chi connectivity index (χ4v) is 4.03. The third kappa shape index (κ3) is 3.34. The van der Waals surface area contributed by atoms with E-state index in [-0.39, 0.29) is 11.4 Å². The van der Waals surface area contributed by atoms with E-state index in [1.54, 1.807) is 6.20 Å². The summed E-state index contributed by atoms with van der Waals surface area (Å²) in [6.45, 7) is 4.56. The minimum Gasteiger partial charge on any atom is -0.458 e. The van der Waals surface area contributed by atoms with Crippen LogP contribution in [0.4, 0.5) is 0 Å². The topological polar surface area (TPSA) is 77.4 Å². The number of furan rings is 1. The van der Waals surface area contributed by atoms with Crippen molar-refractivity contribution in [2.45, 2.75) is 31.3 Å². The summed E-state index contributed by atoms with van der Waals surface area (Å²) in [6.07, 6.45) is 4.26. The second kappa shape index (κ2) is 6.65. The summed E-state index contributed by atoms with van der Waals surface area (Å²) < 4.78 is 5.98. The standard InChI is InChI=1S/C18H25N5O2/c1-22-10-11-23(13-18(22)6-4-17(24)19-9-7-18)12-14-2-3-16(25-14)15-5-8-20-21-15/h2-3,5,8H,4,6-7,9-13H2,1H3,(H,19,24)(H,20,21)/t18-/m1/s1. The second-order valence-corrected chi connectivity index (χ2v) is 7.19. The van der Waals surface area contributed by atoms with E-state index in [1.807, 2.05) is 18.2 Å². The predicted molar refractivity (Wildman–Crippen MR) is 93.8 cm³/mol. The fraction of sp³-hybridized carbons (Fsp3) is 0.556. The first-order valence-electron chi connectivity index (χ1n) is 8.93. The van der Waals surface area contributed by atoms with Crippen LogP contribution in [0.2, 0.25) is 0 Å². The van der Waals surface area contributed by atoms with Gasteiger partial charge >= 0.3 is 0 Å². The van der Waals surface area contributed by atoms with Crippen molar-refractivity contribution in [3.63, 3.8) is 0 Å². The van der Waals surface area contributed by atoms with E-state index < -0.39 is 0 Å². The van der Waals surface area contributed by atoms with Crippen LogP contribution < -0.4 is 5.32 Å². The first-order chi connectivity index (χ1) is 12.1. The molecule has 2 saturated heterocycles. The maximum Gasteiger partial charge on any atom is 0.220 e. The summed E-state index contributed by atoms with van der Waals surface area (Å²) in [5.74, 6) is 1.96. The van der Waals surface area contributed by atoms with Crippen LogP contribution in [0.15, 0.2) is 28.8 Å². The molecule has 2 aliphatic rings. The zero-order chi connectivity index (χ0) is 17.3. The molecule has 0 saturated carbocycles. The van der Waals surface area contributed by atoms with Gasteiger partial charge in [-0.1, -0.05) is 0 Å². The Balaban J connectivity index is 1.45. The van der Waals surface area contributed by atoms with Crippen LogP contribution in [0.5, 0.6) is 0 Å². The van der Waals surface area contributed by atoms with Crippen LogP contribution in [0.1, 0.15) is 25.0 Å². The number of piperazine rings is 1. The molecule has 7 nitrogen and oxygen atoms in total. The van der Waals surface area contributed by atoms with Crippen molar-refractivity contribution in [1.29, 1.82) is 0 Å². The number of amides is 1. The molecular formula is C18H25N5O2. The number of hydrogen-bond acceptors (Lipinski definition) is 5.